The molecule has 0 saturated carbocycles. The molecule has 0 aliphatic heterocycles. The first-order valence-corrected chi connectivity index (χ1v) is 9.99. The molecule has 1 aromatic heterocycles. The highest BCUT2D eigenvalue weighted by Gasteiger charge is 2.14. The number of carbonyl (C=O) groups is 1. The van der Waals surface area contributed by atoms with Gasteiger partial charge in [-0.2, -0.15) is 0 Å². The third-order valence-corrected chi connectivity index (χ3v) is 5.25. The first-order chi connectivity index (χ1) is 13.6. The van der Waals surface area contributed by atoms with Crippen LogP contribution in [-0.2, 0) is 6.42 Å². The van der Waals surface area contributed by atoms with Gasteiger partial charge in [0.25, 0.3) is 5.91 Å². The average Bonchev–Trinajstić information content (AvgIpc) is 2.74. The lowest BCUT2D eigenvalue weighted by molar-refractivity contribution is 0.102. The van der Waals surface area contributed by atoms with E-state index in [0.717, 1.165) is 38.7 Å². The minimum Gasteiger partial charge on any atom is -0.322 e. The minimum absolute atomic E-state index is 0.146. The Hall–Kier alpha value is -2.98. The van der Waals surface area contributed by atoms with Gasteiger partial charge in [0.1, 0.15) is 0 Å². The van der Waals surface area contributed by atoms with Gasteiger partial charge in [-0.15, -0.1) is 0 Å². The summed E-state index contributed by atoms with van der Waals surface area (Å²) in [5.41, 5.74) is 5.24. The number of pyridine rings is 1. The van der Waals surface area contributed by atoms with E-state index in [4.69, 9.17) is 4.98 Å². The van der Waals surface area contributed by atoms with Crippen molar-refractivity contribution in [2.24, 2.45) is 0 Å². The Labute approximate surface area is 172 Å². The van der Waals surface area contributed by atoms with E-state index in [0.29, 0.717) is 5.56 Å². The van der Waals surface area contributed by atoms with Crippen molar-refractivity contribution in [1.29, 1.82) is 0 Å². The van der Waals surface area contributed by atoms with Crippen LogP contribution in [0.15, 0.2) is 83.3 Å². The Morgan fingerprint density at radius 3 is 2.39 bits per heavy atom. The number of aryl methyl sites for hydroxylation is 1. The number of carbonyl (C=O) groups excluding carboxylic acids is 1. The standard InChI is InChI=1S/C24H19BrN2O/c1-2-16-7-9-17(10-8-16)23-15-21(20-5-3-4-6-22(20)27-23)24(28)26-19-13-11-18(25)12-14-19/h3-15H,2H2,1H3,(H,26,28). The Kier molecular flexibility index (Phi) is 5.22. The number of halogens is 1. The van der Waals surface area contributed by atoms with E-state index in [9.17, 15) is 4.79 Å². The lowest BCUT2D eigenvalue weighted by Gasteiger charge is -2.11. The molecule has 0 fully saturated rings. The topological polar surface area (TPSA) is 42.0 Å². The summed E-state index contributed by atoms with van der Waals surface area (Å²) in [7, 11) is 0. The number of anilines is 1. The van der Waals surface area contributed by atoms with Crippen LogP contribution in [0.2, 0.25) is 0 Å². The van der Waals surface area contributed by atoms with Gasteiger partial charge >= 0.3 is 0 Å². The Morgan fingerprint density at radius 2 is 1.68 bits per heavy atom. The third-order valence-electron chi connectivity index (χ3n) is 4.72. The van der Waals surface area contributed by atoms with Gasteiger partial charge < -0.3 is 5.32 Å². The van der Waals surface area contributed by atoms with E-state index in [-0.39, 0.29) is 5.91 Å². The van der Waals surface area contributed by atoms with Crippen LogP contribution in [-0.4, -0.2) is 10.9 Å². The van der Waals surface area contributed by atoms with Crippen LogP contribution in [0.3, 0.4) is 0 Å². The summed E-state index contributed by atoms with van der Waals surface area (Å²) in [6.07, 6.45) is 0.992. The zero-order valence-corrected chi connectivity index (χ0v) is 17.0. The summed E-state index contributed by atoms with van der Waals surface area (Å²) in [4.78, 5) is 17.8. The molecular weight excluding hydrogens is 412 g/mol. The summed E-state index contributed by atoms with van der Waals surface area (Å²) in [5.74, 6) is -0.146. The zero-order valence-electron chi connectivity index (χ0n) is 15.4. The molecule has 3 aromatic carbocycles. The van der Waals surface area contributed by atoms with E-state index >= 15 is 0 Å². The molecule has 0 aliphatic carbocycles. The SMILES string of the molecule is CCc1ccc(-c2cc(C(=O)Nc3ccc(Br)cc3)c3ccccc3n2)cc1. The summed E-state index contributed by atoms with van der Waals surface area (Å²) < 4.78 is 0.970. The van der Waals surface area contributed by atoms with Crippen LogP contribution in [0.4, 0.5) is 5.69 Å². The second-order valence-electron chi connectivity index (χ2n) is 6.58. The van der Waals surface area contributed by atoms with Crippen molar-refractivity contribution in [3.63, 3.8) is 0 Å². The van der Waals surface area contributed by atoms with Crippen LogP contribution in [0.25, 0.3) is 22.2 Å². The molecule has 1 heterocycles. The van der Waals surface area contributed by atoms with E-state index < -0.39 is 0 Å². The second kappa shape index (κ2) is 7.95. The molecule has 4 rings (SSSR count). The number of hydrogen-bond donors (Lipinski definition) is 1. The van der Waals surface area contributed by atoms with Gasteiger partial charge in [-0.25, -0.2) is 4.98 Å². The second-order valence-corrected chi connectivity index (χ2v) is 7.50. The monoisotopic (exact) mass is 430 g/mol. The number of rotatable bonds is 4. The molecule has 0 atom stereocenters. The van der Waals surface area contributed by atoms with E-state index in [2.05, 4.69) is 52.4 Å². The first kappa shape index (κ1) is 18.4. The Morgan fingerprint density at radius 1 is 0.964 bits per heavy atom. The first-order valence-electron chi connectivity index (χ1n) is 9.20. The molecule has 1 amide bonds. The summed E-state index contributed by atoms with van der Waals surface area (Å²) in [5, 5.41) is 3.83. The molecule has 0 bridgehead atoms. The largest absolute Gasteiger partial charge is 0.322 e. The summed E-state index contributed by atoms with van der Waals surface area (Å²) in [6, 6.07) is 25.5. The van der Waals surface area contributed by atoms with Crippen molar-refractivity contribution in [2.45, 2.75) is 13.3 Å². The number of para-hydroxylation sites is 1. The maximum atomic E-state index is 13.0. The fraction of sp³-hybridized carbons (Fsp3) is 0.0833. The van der Waals surface area contributed by atoms with Crippen molar-refractivity contribution in [1.82, 2.24) is 4.98 Å². The number of fused-ring (bicyclic) bond motifs is 1. The van der Waals surface area contributed by atoms with Crippen LogP contribution >= 0.6 is 15.9 Å². The molecule has 4 heteroatoms. The van der Waals surface area contributed by atoms with Gasteiger partial charge in [0.15, 0.2) is 0 Å². The summed E-state index contributed by atoms with van der Waals surface area (Å²) in [6.45, 7) is 2.13. The number of amides is 1. The Bertz CT molecular complexity index is 1140. The Balaban J connectivity index is 1.77. The number of nitrogens with zero attached hydrogens (tertiary/aromatic N) is 1. The van der Waals surface area contributed by atoms with Gasteiger partial charge in [0, 0.05) is 21.1 Å². The molecule has 0 unspecified atom stereocenters. The fourth-order valence-electron chi connectivity index (χ4n) is 3.15. The maximum Gasteiger partial charge on any atom is 0.256 e. The van der Waals surface area contributed by atoms with Gasteiger partial charge in [-0.05, 0) is 48.4 Å². The summed E-state index contributed by atoms with van der Waals surface area (Å²) >= 11 is 3.41. The minimum atomic E-state index is -0.146. The smallest absolute Gasteiger partial charge is 0.256 e. The molecule has 0 saturated heterocycles. The van der Waals surface area contributed by atoms with Gasteiger partial charge in [0.05, 0.1) is 16.8 Å². The third kappa shape index (κ3) is 3.82. The lowest BCUT2D eigenvalue weighted by Crippen LogP contribution is -2.13. The predicted molar refractivity (Wildman–Crippen MR) is 119 cm³/mol. The molecule has 4 aromatic rings. The molecular formula is C24H19BrN2O. The highest BCUT2D eigenvalue weighted by atomic mass is 79.9. The van der Waals surface area contributed by atoms with Crippen molar-refractivity contribution in [3.05, 3.63) is 94.5 Å². The molecule has 1 N–H and O–H groups in total. The van der Waals surface area contributed by atoms with Crippen LogP contribution in [0, 0.1) is 0 Å². The molecule has 3 nitrogen and oxygen atoms in total. The van der Waals surface area contributed by atoms with Crippen molar-refractivity contribution < 1.29 is 4.79 Å². The lowest BCUT2D eigenvalue weighted by atomic mass is 10.0. The van der Waals surface area contributed by atoms with Crippen LogP contribution < -0.4 is 5.32 Å². The number of aromatic nitrogens is 1. The predicted octanol–water partition coefficient (Wildman–Crippen LogP) is 6.48. The zero-order chi connectivity index (χ0) is 19.5. The number of hydrogen-bond acceptors (Lipinski definition) is 2. The quantitative estimate of drug-likeness (QED) is 0.402. The van der Waals surface area contributed by atoms with Crippen LogP contribution in [0.5, 0.6) is 0 Å². The molecule has 28 heavy (non-hydrogen) atoms. The van der Waals surface area contributed by atoms with Gasteiger partial charge in [-0.3, -0.25) is 4.79 Å². The van der Waals surface area contributed by atoms with Crippen molar-refractivity contribution in [2.75, 3.05) is 5.32 Å². The molecule has 0 radical (unpaired) electrons. The fourth-order valence-corrected chi connectivity index (χ4v) is 3.42. The van der Waals surface area contributed by atoms with Gasteiger partial charge in [-0.1, -0.05) is 65.3 Å². The normalized spacial score (nSPS) is 10.8. The maximum absolute atomic E-state index is 13.0. The van der Waals surface area contributed by atoms with E-state index in [1.165, 1.54) is 5.56 Å². The van der Waals surface area contributed by atoms with Crippen molar-refractivity contribution >= 4 is 38.4 Å². The van der Waals surface area contributed by atoms with E-state index in [1.54, 1.807) is 0 Å². The number of nitrogens with one attached hydrogen (secondary N) is 1. The van der Waals surface area contributed by atoms with Gasteiger partial charge in [0.2, 0.25) is 0 Å². The highest BCUT2D eigenvalue weighted by molar-refractivity contribution is 9.10. The molecule has 138 valence electrons. The molecule has 0 aliphatic rings. The van der Waals surface area contributed by atoms with Crippen LogP contribution in [0.1, 0.15) is 22.8 Å². The molecule has 0 spiro atoms. The van der Waals surface area contributed by atoms with Crippen molar-refractivity contribution in [3.8, 4) is 11.3 Å². The highest BCUT2D eigenvalue weighted by Crippen LogP contribution is 2.26. The average molecular weight is 431 g/mol. The van der Waals surface area contributed by atoms with E-state index in [1.807, 2.05) is 54.6 Å². The number of benzene rings is 3.